The van der Waals surface area contributed by atoms with Gasteiger partial charge in [-0.2, -0.15) is 0 Å². The zero-order chi connectivity index (χ0) is 15.9. The van der Waals surface area contributed by atoms with Crippen molar-refractivity contribution in [2.45, 2.75) is 6.48 Å². The molecule has 2 rings (SSSR count). The Kier molecular flexibility index (Phi) is 5.00. The number of carboxylic acid groups (broad SMARTS) is 1. The van der Waals surface area contributed by atoms with Gasteiger partial charge in [0, 0.05) is 6.08 Å². The van der Waals surface area contributed by atoms with Crippen LogP contribution in [0.4, 0.5) is 0 Å². The topological polar surface area (TPSA) is 96.2 Å². The average molecular weight is 302 g/mol. The molecular formula is C16H14O6. The van der Waals surface area contributed by atoms with Crippen LogP contribution in [0.15, 0.2) is 54.6 Å². The normalized spacial score (nSPS) is 12.0. The van der Waals surface area contributed by atoms with Gasteiger partial charge in [-0.05, 0) is 35.9 Å². The summed E-state index contributed by atoms with van der Waals surface area (Å²) in [6.07, 6.45) is 2.45. The van der Waals surface area contributed by atoms with Crippen molar-refractivity contribution in [2.24, 2.45) is 0 Å². The minimum absolute atomic E-state index is 0.0935. The number of hydrogen-bond donors (Lipinski definition) is 3. The second kappa shape index (κ2) is 7.14. The quantitative estimate of drug-likeness (QED) is 0.559. The summed E-state index contributed by atoms with van der Waals surface area (Å²) in [5.41, 5.74) is 0.672. The predicted molar refractivity (Wildman–Crippen MR) is 78.5 cm³/mol. The molecule has 0 bridgehead atoms. The van der Waals surface area contributed by atoms with Gasteiger partial charge in [0.05, 0.1) is 0 Å². The van der Waals surface area contributed by atoms with Gasteiger partial charge in [0.15, 0.2) is 11.5 Å². The molecule has 0 aliphatic carbocycles. The van der Waals surface area contributed by atoms with Crippen LogP contribution in [0.25, 0.3) is 6.08 Å². The van der Waals surface area contributed by atoms with Crippen LogP contribution in [0.3, 0.4) is 0 Å². The first-order chi connectivity index (χ1) is 10.5. The molecule has 0 saturated carbocycles. The molecule has 22 heavy (non-hydrogen) atoms. The highest BCUT2D eigenvalue weighted by Crippen LogP contribution is 2.25. The predicted octanol–water partition coefficient (Wildman–Crippen LogP) is 2.22. The highest BCUT2D eigenvalue weighted by atomic mass is 16.8. The van der Waals surface area contributed by atoms with Gasteiger partial charge in [-0.3, -0.25) is 0 Å². The third-order valence-corrected chi connectivity index (χ3v) is 2.63. The third-order valence-electron chi connectivity index (χ3n) is 2.63. The molecule has 1 unspecified atom stereocenters. The molecule has 1 atom stereocenters. The monoisotopic (exact) mass is 302 g/mol. The van der Waals surface area contributed by atoms with E-state index in [-0.39, 0.29) is 11.5 Å². The van der Waals surface area contributed by atoms with Crippen molar-refractivity contribution in [3.05, 3.63) is 60.2 Å². The maximum Gasteiger partial charge on any atom is 0.358 e. The van der Waals surface area contributed by atoms with Crippen LogP contribution in [0.1, 0.15) is 5.56 Å². The summed E-state index contributed by atoms with van der Waals surface area (Å²) in [6, 6.07) is 12.5. The summed E-state index contributed by atoms with van der Waals surface area (Å²) in [5.74, 6) is -0.725. The largest absolute Gasteiger partial charge is 0.504 e. The molecule has 0 aliphatic heterocycles. The van der Waals surface area contributed by atoms with E-state index in [1.54, 1.807) is 36.4 Å². The van der Waals surface area contributed by atoms with Gasteiger partial charge in [-0.15, -0.1) is 0 Å². The molecule has 0 amide bonds. The molecule has 0 saturated heterocycles. The molecular weight excluding hydrogens is 288 g/mol. The van der Waals surface area contributed by atoms with Gasteiger partial charge in [0.25, 0.3) is 0 Å². The van der Waals surface area contributed by atoms with Crippen molar-refractivity contribution in [3.8, 4) is 17.2 Å². The Balaban J connectivity index is 1.96. The van der Waals surface area contributed by atoms with Crippen LogP contribution in [-0.4, -0.2) is 27.8 Å². The number of aliphatic carboxylic acids is 1. The van der Waals surface area contributed by atoms with E-state index in [0.29, 0.717) is 11.3 Å². The Morgan fingerprint density at radius 1 is 1.05 bits per heavy atom. The lowest BCUT2D eigenvalue weighted by Gasteiger charge is -2.15. The Morgan fingerprint density at radius 3 is 2.36 bits per heavy atom. The number of aliphatic hydroxyl groups excluding tert-OH is 1. The molecule has 0 radical (unpaired) electrons. The minimum atomic E-state index is -1.59. The highest BCUT2D eigenvalue weighted by molar-refractivity contribution is 5.85. The SMILES string of the molecule is O=C(O)/C=C/c1ccc(OC(O)Oc2ccccc2O)cc1. The first-order valence-corrected chi connectivity index (χ1v) is 6.35. The standard InChI is InChI=1S/C16H14O6/c17-13-3-1-2-4-14(13)22-16(20)21-12-8-5-11(6-9-12)7-10-15(18)19/h1-10,16-17,20H,(H,18,19)/b10-7+. The van der Waals surface area contributed by atoms with Crippen LogP contribution in [0.2, 0.25) is 0 Å². The summed E-state index contributed by atoms with van der Waals surface area (Å²) < 4.78 is 10.2. The van der Waals surface area contributed by atoms with Gasteiger partial charge in [0.2, 0.25) is 0 Å². The Hall–Kier alpha value is -2.99. The number of para-hydroxylation sites is 2. The van der Waals surface area contributed by atoms with E-state index in [9.17, 15) is 15.0 Å². The summed E-state index contributed by atoms with van der Waals surface area (Å²) >= 11 is 0. The van der Waals surface area contributed by atoms with Crippen molar-refractivity contribution in [1.82, 2.24) is 0 Å². The number of carbonyl (C=O) groups is 1. The molecule has 0 aliphatic rings. The lowest BCUT2D eigenvalue weighted by molar-refractivity contribution is -0.160. The number of benzene rings is 2. The van der Waals surface area contributed by atoms with E-state index in [1.807, 2.05) is 0 Å². The van der Waals surface area contributed by atoms with Gasteiger partial charge in [-0.25, -0.2) is 4.79 Å². The van der Waals surface area contributed by atoms with Crippen molar-refractivity contribution in [2.75, 3.05) is 0 Å². The van der Waals surface area contributed by atoms with Crippen LogP contribution >= 0.6 is 0 Å². The molecule has 114 valence electrons. The summed E-state index contributed by atoms with van der Waals surface area (Å²) in [5, 5.41) is 27.7. The Bertz CT molecular complexity index is 663. The third kappa shape index (κ3) is 4.53. The van der Waals surface area contributed by atoms with Crippen LogP contribution in [0, 0.1) is 0 Å². The molecule has 0 spiro atoms. The molecule has 0 heterocycles. The number of aromatic hydroxyl groups is 1. The zero-order valence-corrected chi connectivity index (χ0v) is 11.4. The maximum absolute atomic E-state index is 10.4. The van der Waals surface area contributed by atoms with E-state index >= 15 is 0 Å². The first kappa shape index (κ1) is 15.4. The van der Waals surface area contributed by atoms with E-state index in [1.165, 1.54) is 18.2 Å². The van der Waals surface area contributed by atoms with E-state index in [2.05, 4.69) is 0 Å². The number of phenols is 1. The van der Waals surface area contributed by atoms with Crippen molar-refractivity contribution < 1.29 is 29.6 Å². The molecule has 0 aromatic heterocycles. The van der Waals surface area contributed by atoms with Crippen LogP contribution in [0.5, 0.6) is 17.2 Å². The van der Waals surface area contributed by atoms with E-state index < -0.39 is 12.4 Å². The number of rotatable bonds is 6. The lowest BCUT2D eigenvalue weighted by atomic mass is 10.2. The fourth-order valence-corrected chi connectivity index (χ4v) is 1.63. The lowest BCUT2D eigenvalue weighted by Crippen LogP contribution is -2.23. The highest BCUT2D eigenvalue weighted by Gasteiger charge is 2.10. The molecule has 2 aromatic rings. The fraction of sp³-hybridized carbons (Fsp3) is 0.0625. The van der Waals surface area contributed by atoms with Crippen molar-refractivity contribution in [3.63, 3.8) is 0 Å². The van der Waals surface area contributed by atoms with Crippen LogP contribution in [-0.2, 0) is 4.79 Å². The summed E-state index contributed by atoms with van der Waals surface area (Å²) in [7, 11) is 0. The smallest absolute Gasteiger partial charge is 0.358 e. The van der Waals surface area contributed by atoms with Gasteiger partial charge >= 0.3 is 12.4 Å². The second-order valence-corrected chi connectivity index (χ2v) is 4.25. The number of phenolic OH excluding ortho intramolecular Hbond substituents is 1. The van der Waals surface area contributed by atoms with Gasteiger partial charge in [0.1, 0.15) is 5.75 Å². The second-order valence-electron chi connectivity index (χ2n) is 4.25. The van der Waals surface area contributed by atoms with E-state index in [4.69, 9.17) is 14.6 Å². The Labute approximate surface area is 126 Å². The van der Waals surface area contributed by atoms with Crippen molar-refractivity contribution >= 4 is 12.0 Å². The number of carboxylic acids is 1. The van der Waals surface area contributed by atoms with Gasteiger partial charge < -0.3 is 24.8 Å². The minimum Gasteiger partial charge on any atom is -0.504 e. The molecule has 6 heteroatoms. The maximum atomic E-state index is 10.4. The molecule has 6 nitrogen and oxygen atoms in total. The number of hydrogen-bond acceptors (Lipinski definition) is 5. The Morgan fingerprint density at radius 2 is 1.73 bits per heavy atom. The van der Waals surface area contributed by atoms with Gasteiger partial charge in [-0.1, -0.05) is 24.3 Å². The molecule has 0 fully saturated rings. The molecule has 2 aromatic carbocycles. The van der Waals surface area contributed by atoms with Crippen LogP contribution < -0.4 is 9.47 Å². The fourth-order valence-electron chi connectivity index (χ4n) is 1.63. The first-order valence-electron chi connectivity index (χ1n) is 6.35. The van der Waals surface area contributed by atoms with Crippen molar-refractivity contribution in [1.29, 1.82) is 0 Å². The number of ether oxygens (including phenoxy) is 2. The zero-order valence-electron chi connectivity index (χ0n) is 11.4. The average Bonchev–Trinajstić information content (AvgIpc) is 2.49. The molecule has 3 N–H and O–H groups in total. The van der Waals surface area contributed by atoms with E-state index in [0.717, 1.165) is 6.08 Å². The number of aliphatic hydroxyl groups is 1. The summed E-state index contributed by atoms with van der Waals surface area (Å²) in [6.45, 7) is -1.59. The summed E-state index contributed by atoms with van der Waals surface area (Å²) in [4.78, 5) is 10.4.